The average Bonchev–Trinajstić information content (AvgIpc) is 3.14. The highest BCUT2D eigenvalue weighted by atomic mass is 19.1. The molecule has 288 valence electrons. The van der Waals surface area contributed by atoms with Crippen LogP contribution in [0.4, 0.5) is 25.4 Å². The Morgan fingerprint density at radius 3 is 2.36 bits per heavy atom. The SMILES string of the molecule is C/C(=C\c1cc(F)cc(N(C)C2CCN(C(=O)Nc3ccccc3)CC2)c1)[C@H]1OC(=O)C[C@H](O)CC[C@H](C)[C@@H](OC(=O)N2CCN(C)CC2)C=C[C@@H]1C. The van der Waals surface area contributed by atoms with E-state index in [9.17, 15) is 19.5 Å². The topological polar surface area (TPSA) is 115 Å². The van der Waals surface area contributed by atoms with E-state index in [1.807, 2.05) is 89.5 Å². The Labute approximate surface area is 313 Å². The average molecular weight is 734 g/mol. The molecule has 0 unspecified atom stereocenters. The molecule has 3 aliphatic rings. The van der Waals surface area contributed by atoms with Gasteiger partial charge in [-0.3, -0.25) is 4.79 Å². The van der Waals surface area contributed by atoms with Gasteiger partial charge in [-0.15, -0.1) is 0 Å². The number of ether oxygens (including phenoxy) is 2. The standard InChI is InChI=1S/C41H56FN5O6/c1-28-11-13-36(48)27-38(49)53-39(29(2)12-14-37(28)52-41(51)47-21-19-44(4)20-22-47)30(3)23-31-24-32(42)26-35(25-31)45(5)34-15-17-46(18-16-34)40(50)43-33-9-7-6-8-10-33/h6-10,12,14,23-26,28-29,34,36-37,39,48H,11,13,15-22,27H2,1-5H3,(H,43,50)/b14-12?,30-23+/t28-,29-,36+,37-,39-/m0/s1. The number of nitrogens with one attached hydrogen (secondary N) is 1. The van der Waals surface area contributed by atoms with Crippen LogP contribution in [0, 0.1) is 17.7 Å². The van der Waals surface area contributed by atoms with Gasteiger partial charge in [0, 0.05) is 69.7 Å². The summed E-state index contributed by atoms with van der Waals surface area (Å²) in [6.45, 7) is 9.69. The van der Waals surface area contributed by atoms with Crippen LogP contribution < -0.4 is 10.2 Å². The number of esters is 1. The van der Waals surface area contributed by atoms with Crippen LogP contribution in [0.15, 0.2) is 66.3 Å². The molecule has 2 saturated heterocycles. The molecule has 5 rings (SSSR count). The second-order valence-electron chi connectivity index (χ2n) is 15.0. The number of hydrogen-bond donors (Lipinski definition) is 2. The van der Waals surface area contributed by atoms with E-state index in [2.05, 4.69) is 15.1 Å². The van der Waals surface area contributed by atoms with Gasteiger partial charge in [-0.1, -0.05) is 44.2 Å². The van der Waals surface area contributed by atoms with Gasteiger partial charge in [-0.05, 0) is 93.1 Å². The molecule has 0 saturated carbocycles. The van der Waals surface area contributed by atoms with Gasteiger partial charge in [-0.2, -0.15) is 0 Å². The van der Waals surface area contributed by atoms with Crippen molar-refractivity contribution in [1.82, 2.24) is 14.7 Å². The number of aliphatic hydroxyl groups is 1. The third-order valence-electron chi connectivity index (χ3n) is 10.7. The second-order valence-corrected chi connectivity index (χ2v) is 15.0. The first kappa shape index (κ1) is 39.8. The first-order chi connectivity index (χ1) is 25.4. The summed E-state index contributed by atoms with van der Waals surface area (Å²) in [5.74, 6) is -1.30. The Kier molecular flexibility index (Phi) is 13.9. The van der Waals surface area contributed by atoms with Crippen LogP contribution in [0.2, 0.25) is 0 Å². The number of nitrogens with zero attached hydrogens (tertiary/aromatic N) is 4. The van der Waals surface area contributed by atoms with Gasteiger partial charge < -0.3 is 39.5 Å². The lowest BCUT2D eigenvalue weighted by Gasteiger charge is -2.38. The number of anilines is 2. The number of aliphatic hydroxyl groups excluding tert-OH is 1. The summed E-state index contributed by atoms with van der Waals surface area (Å²) in [5, 5.41) is 13.7. The van der Waals surface area contributed by atoms with Crippen molar-refractivity contribution >= 4 is 35.5 Å². The fraction of sp³-hybridized carbons (Fsp3) is 0.537. The fourth-order valence-electron chi connectivity index (χ4n) is 7.25. The Hall–Kier alpha value is -4.42. The number of urea groups is 1. The number of hydrogen-bond acceptors (Lipinski definition) is 8. The smallest absolute Gasteiger partial charge is 0.410 e. The van der Waals surface area contributed by atoms with Crippen LogP contribution in [0.25, 0.3) is 6.08 Å². The van der Waals surface area contributed by atoms with E-state index in [1.54, 1.807) is 9.80 Å². The van der Waals surface area contributed by atoms with Gasteiger partial charge in [-0.25, -0.2) is 14.0 Å². The van der Waals surface area contributed by atoms with Gasteiger partial charge in [0.15, 0.2) is 0 Å². The zero-order valence-electron chi connectivity index (χ0n) is 31.7. The zero-order valence-corrected chi connectivity index (χ0v) is 31.7. The molecule has 0 aromatic heterocycles. The van der Waals surface area contributed by atoms with Crippen molar-refractivity contribution < 1.29 is 33.4 Å². The van der Waals surface area contributed by atoms with E-state index >= 15 is 4.39 Å². The second kappa shape index (κ2) is 18.6. The summed E-state index contributed by atoms with van der Waals surface area (Å²) in [6.07, 6.45) is 5.38. The Bertz CT molecular complexity index is 1600. The number of piperidine rings is 1. The van der Waals surface area contributed by atoms with Crippen LogP contribution in [0.5, 0.6) is 0 Å². The Morgan fingerprint density at radius 1 is 0.962 bits per heavy atom. The van der Waals surface area contributed by atoms with Crippen molar-refractivity contribution in [3.8, 4) is 0 Å². The highest BCUT2D eigenvalue weighted by Crippen LogP contribution is 2.29. The van der Waals surface area contributed by atoms with Gasteiger partial charge in [0.2, 0.25) is 0 Å². The maximum absolute atomic E-state index is 15.2. The summed E-state index contributed by atoms with van der Waals surface area (Å²) in [4.78, 5) is 46.8. The van der Waals surface area contributed by atoms with E-state index in [0.717, 1.165) is 31.6 Å². The van der Waals surface area contributed by atoms with E-state index in [-0.39, 0.29) is 42.2 Å². The van der Waals surface area contributed by atoms with Crippen molar-refractivity contribution in [3.05, 3.63) is 77.6 Å². The van der Waals surface area contributed by atoms with Crippen molar-refractivity contribution in [3.63, 3.8) is 0 Å². The number of para-hydroxylation sites is 1. The number of benzene rings is 2. The van der Waals surface area contributed by atoms with Crippen molar-refractivity contribution in [2.24, 2.45) is 11.8 Å². The number of carbonyl (C=O) groups is 3. The molecule has 12 heteroatoms. The van der Waals surface area contributed by atoms with Crippen LogP contribution in [-0.4, -0.2) is 116 Å². The molecule has 3 amide bonds. The lowest BCUT2D eigenvalue weighted by Crippen LogP contribution is -2.48. The molecule has 0 spiro atoms. The van der Waals surface area contributed by atoms with E-state index < -0.39 is 24.3 Å². The quantitative estimate of drug-likeness (QED) is 0.259. The summed E-state index contributed by atoms with van der Waals surface area (Å²) in [7, 11) is 3.97. The fourth-order valence-corrected chi connectivity index (χ4v) is 7.25. The molecular formula is C41H56FN5O6. The number of likely N-dealkylation sites (N-methyl/N-ethyl adjacent to an activating group) is 1. The normalized spacial score (nSPS) is 25.5. The molecule has 3 aliphatic heterocycles. The highest BCUT2D eigenvalue weighted by molar-refractivity contribution is 5.89. The monoisotopic (exact) mass is 733 g/mol. The van der Waals surface area contributed by atoms with E-state index in [0.29, 0.717) is 55.8 Å². The van der Waals surface area contributed by atoms with Gasteiger partial charge in [0.25, 0.3) is 0 Å². The van der Waals surface area contributed by atoms with Gasteiger partial charge >= 0.3 is 18.1 Å². The molecule has 2 N–H and O–H groups in total. The molecule has 0 bridgehead atoms. The largest absolute Gasteiger partial charge is 0.457 e. The maximum Gasteiger partial charge on any atom is 0.410 e. The third-order valence-corrected chi connectivity index (χ3v) is 10.7. The first-order valence-electron chi connectivity index (χ1n) is 18.9. The number of rotatable bonds is 6. The van der Waals surface area contributed by atoms with Crippen LogP contribution >= 0.6 is 0 Å². The number of halogens is 1. The predicted molar refractivity (Wildman–Crippen MR) is 205 cm³/mol. The summed E-state index contributed by atoms with van der Waals surface area (Å²) in [5.41, 5.74) is 2.79. The lowest BCUT2D eigenvalue weighted by molar-refractivity contribution is -0.151. The number of piperazine rings is 1. The zero-order chi connectivity index (χ0) is 38.1. The van der Waals surface area contributed by atoms with Crippen LogP contribution in [-0.2, 0) is 14.3 Å². The van der Waals surface area contributed by atoms with Crippen LogP contribution in [0.3, 0.4) is 0 Å². The minimum atomic E-state index is -0.894. The summed E-state index contributed by atoms with van der Waals surface area (Å²) >= 11 is 0. The van der Waals surface area contributed by atoms with Crippen LogP contribution in [0.1, 0.15) is 58.4 Å². The summed E-state index contributed by atoms with van der Waals surface area (Å²) in [6, 6.07) is 14.2. The summed E-state index contributed by atoms with van der Waals surface area (Å²) < 4.78 is 27.2. The molecule has 2 aromatic rings. The van der Waals surface area contributed by atoms with Crippen molar-refractivity contribution in [2.45, 2.75) is 77.2 Å². The molecule has 3 heterocycles. The van der Waals surface area contributed by atoms with E-state index in [4.69, 9.17) is 9.47 Å². The van der Waals surface area contributed by atoms with Gasteiger partial charge in [0.1, 0.15) is 18.0 Å². The highest BCUT2D eigenvalue weighted by Gasteiger charge is 2.30. The molecule has 0 radical (unpaired) electrons. The van der Waals surface area contributed by atoms with E-state index in [1.165, 1.54) is 12.1 Å². The first-order valence-corrected chi connectivity index (χ1v) is 18.9. The molecular weight excluding hydrogens is 677 g/mol. The molecule has 53 heavy (non-hydrogen) atoms. The Balaban J connectivity index is 1.28. The third kappa shape index (κ3) is 11.3. The molecule has 11 nitrogen and oxygen atoms in total. The molecule has 2 aromatic carbocycles. The number of likely N-dealkylation sites (tertiary alicyclic amines) is 1. The maximum atomic E-state index is 15.2. The molecule has 2 fully saturated rings. The molecule has 0 aliphatic carbocycles. The minimum Gasteiger partial charge on any atom is -0.457 e. The lowest BCUT2D eigenvalue weighted by atomic mass is 9.91. The number of carbonyl (C=O) groups excluding carboxylic acids is 3. The van der Waals surface area contributed by atoms with Crippen molar-refractivity contribution in [1.29, 1.82) is 0 Å². The predicted octanol–water partition coefficient (Wildman–Crippen LogP) is 6.40. The number of amides is 3. The molecule has 5 atom stereocenters. The minimum absolute atomic E-state index is 0.0866. The van der Waals surface area contributed by atoms with Crippen molar-refractivity contribution in [2.75, 3.05) is 63.6 Å². The Morgan fingerprint density at radius 2 is 1.66 bits per heavy atom. The van der Waals surface area contributed by atoms with Gasteiger partial charge in [0.05, 0.1) is 12.5 Å². The number of cyclic esters (lactones) is 1.